The number of likely N-dealkylation sites (tertiary alicyclic amines) is 1. The van der Waals surface area contributed by atoms with Crippen LogP contribution in [0.2, 0.25) is 0 Å². The molecule has 1 aromatic heterocycles. The molecule has 1 unspecified atom stereocenters. The molecule has 1 atom stereocenters. The van der Waals surface area contributed by atoms with Crippen LogP contribution in [0.25, 0.3) is 10.9 Å². The summed E-state index contributed by atoms with van der Waals surface area (Å²) in [5.41, 5.74) is 1.82. The number of carbonyl (C=O) groups excluding carboxylic acids is 1. The first kappa shape index (κ1) is 16.5. The van der Waals surface area contributed by atoms with Gasteiger partial charge in [0.25, 0.3) is 5.91 Å². The van der Waals surface area contributed by atoms with Crippen molar-refractivity contribution in [1.82, 2.24) is 9.88 Å². The van der Waals surface area contributed by atoms with Gasteiger partial charge in [0.15, 0.2) is 0 Å². The summed E-state index contributed by atoms with van der Waals surface area (Å²) >= 11 is 0. The van der Waals surface area contributed by atoms with Gasteiger partial charge < -0.3 is 15.0 Å². The SMILES string of the molecule is Cc1cc(F)cc2[nH]c(C(=O)N3CCCCC3CCC(=O)O)cc12. The van der Waals surface area contributed by atoms with E-state index in [1.807, 2.05) is 6.92 Å². The molecule has 3 rings (SSSR count). The highest BCUT2D eigenvalue weighted by Gasteiger charge is 2.28. The number of aliphatic carboxylic acids is 1. The standard InChI is InChI=1S/C18H21FN2O3/c1-11-8-12(19)9-15-14(11)10-16(20-15)18(24)21-7-3-2-4-13(21)5-6-17(22)23/h8-10,13,20H,2-7H2,1H3,(H,22,23). The second-order valence-electron chi connectivity index (χ2n) is 6.45. The van der Waals surface area contributed by atoms with Crippen LogP contribution in [0.3, 0.4) is 0 Å². The van der Waals surface area contributed by atoms with E-state index in [4.69, 9.17) is 5.11 Å². The van der Waals surface area contributed by atoms with Crippen LogP contribution in [-0.2, 0) is 4.79 Å². The maximum absolute atomic E-state index is 13.5. The Kier molecular flexibility index (Phi) is 4.55. The predicted octanol–water partition coefficient (Wildman–Crippen LogP) is 3.47. The molecule has 1 aliphatic heterocycles. The lowest BCUT2D eigenvalue weighted by Gasteiger charge is -2.35. The number of carboxylic acid groups (broad SMARTS) is 1. The van der Waals surface area contributed by atoms with Gasteiger partial charge in [-0.25, -0.2) is 4.39 Å². The molecule has 5 nitrogen and oxygen atoms in total. The Morgan fingerprint density at radius 1 is 1.33 bits per heavy atom. The largest absolute Gasteiger partial charge is 0.481 e. The molecule has 0 aliphatic carbocycles. The van der Waals surface area contributed by atoms with E-state index < -0.39 is 5.97 Å². The van der Waals surface area contributed by atoms with E-state index in [0.29, 0.717) is 24.2 Å². The summed E-state index contributed by atoms with van der Waals surface area (Å²) in [6.45, 7) is 2.44. The van der Waals surface area contributed by atoms with Crippen molar-refractivity contribution >= 4 is 22.8 Å². The quantitative estimate of drug-likeness (QED) is 0.900. The average molecular weight is 332 g/mol. The van der Waals surface area contributed by atoms with Crippen molar-refractivity contribution in [2.24, 2.45) is 0 Å². The van der Waals surface area contributed by atoms with E-state index in [2.05, 4.69) is 4.98 Å². The number of H-pyrrole nitrogens is 1. The van der Waals surface area contributed by atoms with E-state index in [9.17, 15) is 14.0 Å². The number of nitrogens with one attached hydrogen (secondary N) is 1. The number of fused-ring (bicyclic) bond motifs is 1. The van der Waals surface area contributed by atoms with Crippen molar-refractivity contribution in [3.63, 3.8) is 0 Å². The molecule has 2 N–H and O–H groups in total. The number of benzene rings is 1. The molecule has 2 aromatic rings. The number of hydrogen-bond donors (Lipinski definition) is 2. The normalized spacial score (nSPS) is 18.1. The minimum Gasteiger partial charge on any atom is -0.481 e. The van der Waals surface area contributed by atoms with Gasteiger partial charge in [0.1, 0.15) is 11.5 Å². The minimum atomic E-state index is -0.843. The fourth-order valence-corrected chi connectivity index (χ4v) is 3.50. The fourth-order valence-electron chi connectivity index (χ4n) is 3.50. The lowest BCUT2D eigenvalue weighted by Crippen LogP contribution is -2.44. The number of halogens is 1. The highest BCUT2D eigenvalue weighted by molar-refractivity contribution is 5.99. The Morgan fingerprint density at radius 3 is 2.88 bits per heavy atom. The molecule has 24 heavy (non-hydrogen) atoms. The average Bonchev–Trinajstić information content (AvgIpc) is 2.96. The molecular formula is C18H21FN2O3. The maximum Gasteiger partial charge on any atom is 0.303 e. The Balaban J connectivity index is 1.86. The number of nitrogens with zero attached hydrogens (tertiary/aromatic N) is 1. The Morgan fingerprint density at radius 2 is 2.12 bits per heavy atom. The van der Waals surface area contributed by atoms with Crippen molar-refractivity contribution < 1.29 is 19.1 Å². The zero-order valence-corrected chi connectivity index (χ0v) is 13.6. The molecule has 2 heterocycles. The summed E-state index contributed by atoms with van der Waals surface area (Å²) in [6.07, 6.45) is 3.28. The second-order valence-corrected chi connectivity index (χ2v) is 6.45. The number of carbonyl (C=O) groups is 2. The first-order chi connectivity index (χ1) is 11.5. The van der Waals surface area contributed by atoms with Gasteiger partial charge >= 0.3 is 5.97 Å². The summed E-state index contributed by atoms with van der Waals surface area (Å²) in [6, 6.07) is 4.54. The van der Waals surface area contributed by atoms with E-state index in [-0.39, 0.29) is 24.2 Å². The third-order valence-electron chi connectivity index (χ3n) is 4.72. The molecule has 1 saturated heterocycles. The van der Waals surface area contributed by atoms with Gasteiger partial charge in [-0.1, -0.05) is 0 Å². The van der Waals surface area contributed by atoms with Gasteiger partial charge in [-0.3, -0.25) is 9.59 Å². The van der Waals surface area contributed by atoms with Crippen LogP contribution in [0.1, 0.15) is 48.2 Å². The number of carboxylic acids is 1. The van der Waals surface area contributed by atoms with Crippen LogP contribution in [0, 0.1) is 12.7 Å². The van der Waals surface area contributed by atoms with E-state index in [0.717, 1.165) is 30.2 Å². The van der Waals surface area contributed by atoms with Crippen molar-refractivity contribution in [3.05, 3.63) is 35.3 Å². The van der Waals surface area contributed by atoms with Gasteiger partial charge in [-0.15, -0.1) is 0 Å². The summed E-state index contributed by atoms with van der Waals surface area (Å²) in [5.74, 6) is -1.32. The summed E-state index contributed by atoms with van der Waals surface area (Å²) in [7, 11) is 0. The minimum absolute atomic E-state index is 0.0494. The molecule has 1 fully saturated rings. The first-order valence-corrected chi connectivity index (χ1v) is 8.27. The summed E-state index contributed by atoms with van der Waals surface area (Å²) < 4.78 is 13.5. The van der Waals surface area contributed by atoms with Crippen LogP contribution in [0.4, 0.5) is 4.39 Å². The first-order valence-electron chi connectivity index (χ1n) is 8.27. The Hall–Kier alpha value is -2.37. The topological polar surface area (TPSA) is 73.4 Å². The van der Waals surface area contributed by atoms with Crippen molar-refractivity contribution in [2.45, 2.75) is 45.1 Å². The zero-order valence-electron chi connectivity index (χ0n) is 13.6. The number of aromatic amines is 1. The monoisotopic (exact) mass is 332 g/mol. The van der Waals surface area contributed by atoms with Crippen LogP contribution in [0.5, 0.6) is 0 Å². The van der Waals surface area contributed by atoms with Gasteiger partial charge in [0.05, 0.1) is 0 Å². The number of aromatic nitrogens is 1. The lowest BCUT2D eigenvalue weighted by atomic mass is 9.97. The lowest BCUT2D eigenvalue weighted by molar-refractivity contribution is -0.137. The molecule has 0 bridgehead atoms. The molecule has 0 spiro atoms. The zero-order chi connectivity index (χ0) is 17.3. The van der Waals surface area contributed by atoms with Crippen LogP contribution < -0.4 is 0 Å². The van der Waals surface area contributed by atoms with Crippen molar-refractivity contribution in [1.29, 1.82) is 0 Å². The van der Waals surface area contributed by atoms with Gasteiger partial charge in [-0.05, 0) is 56.4 Å². The molecule has 6 heteroatoms. The molecule has 128 valence electrons. The number of hydrogen-bond acceptors (Lipinski definition) is 2. The summed E-state index contributed by atoms with van der Waals surface area (Å²) in [4.78, 5) is 28.5. The third-order valence-corrected chi connectivity index (χ3v) is 4.72. The van der Waals surface area contributed by atoms with Gasteiger partial charge in [-0.2, -0.15) is 0 Å². The highest BCUT2D eigenvalue weighted by Crippen LogP contribution is 2.26. The maximum atomic E-state index is 13.5. The second kappa shape index (κ2) is 6.63. The fraction of sp³-hybridized carbons (Fsp3) is 0.444. The van der Waals surface area contributed by atoms with E-state index in [1.54, 1.807) is 11.0 Å². The molecule has 1 aliphatic rings. The Bertz CT molecular complexity index is 784. The molecule has 0 saturated carbocycles. The number of piperidine rings is 1. The predicted molar refractivity (Wildman–Crippen MR) is 88.5 cm³/mol. The molecule has 1 amide bonds. The van der Waals surface area contributed by atoms with E-state index >= 15 is 0 Å². The number of aryl methyl sites for hydroxylation is 1. The van der Waals surface area contributed by atoms with E-state index in [1.165, 1.54) is 12.1 Å². The molecule has 0 radical (unpaired) electrons. The smallest absolute Gasteiger partial charge is 0.303 e. The van der Waals surface area contributed by atoms with Crippen LogP contribution >= 0.6 is 0 Å². The summed E-state index contributed by atoms with van der Waals surface area (Å²) in [5, 5.41) is 9.72. The van der Waals surface area contributed by atoms with Crippen LogP contribution in [0.15, 0.2) is 18.2 Å². The van der Waals surface area contributed by atoms with Crippen molar-refractivity contribution in [3.8, 4) is 0 Å². The van der Waals surface area contributed by atoms with Gasteiger partial charge in [0, 0.05) is 29.9 Å². The van der Waals surface area contributed by atoms with Crippen molar-refractivity contribution in [2.75, 3.05) is 6.54 Å². The Labute approximate surface area is 139 Å². The highest BCUT2D eigenvalue weighted by atomic mass is 19.1. The van der Waals surface area contributed by atoms with Gasteiger partial charge in [0.2, 0.25) is 0 Å². The third kappa shape index (κ3) is 3.27. The molecule has 1 aromatic carbocycles. The van der Waals surface area contributed by atoms with Crippen LogP contribution in [-0.4, -0.2) is 39.5 Å². The molecular weight excluding hydrogens is 311 g/mol. The number of rotatable bonds is 4. The number of amides is 1.